The third-order valence-electron chi connectivity index (χ3n) is 5.36. The van der Waals surface area contributed by atoms with E-state index in [1.807, 2.05) is 0 Å². The summed E-state index contributed by atoms with van der Waals surface area (Å²) in [5.74, 6) is 0.437. The Kier molecular flexibility index (Phi) is 3.09. The Morgan fingerprint density at radius 3 is 2.70 bits per heavy atom. The van der Waals surface area contributed by atoms with E-state index in [-0.39, 0.29) is 5.79 Å². The predicted molar refractivity (Wildman–Crippen MR) is 77.2 cm³/mol. The fourth-order valence-electron chi connectivity index (χ4n) is 4.43. The van der Waals surface area contributed by atoms with Crippen molar-refractivity contribution in [3.63, 3.8) is 0 Å². The fourth-order valence-corrected chi connectivity index (χ4v) is 4.43. The predicted octanol–water partition coefficient (Wildman–Crippen LogP) is 2.80. The van der Waals surface area contributed by atoms with Gasteiger partial charge in [-0.15, -0.1) is 0 Å². The summed E-state index contributed by atoms with van der Waals surface area (Å²) >= 11 is 0. The Labute approximate surface area is 120 Å². The molecule has 3 nitrogen and oxygen atoms in total. The lowest BCUT2D eigenvalue weighted by molar-refractivity contribution is -0.220. The van der Waals surface area contributed by atoms with E-state index in [0.29, 0.717) is 12.1 Å². The first-order valence-corrected chi connectivity index (χ1v) is 7.86. The number of ether oxygens (including phenoxy) is 2. The topological polar surface area (TPSA) is 21.7 Å². The van der Waals surface area contributed by atoms with Crippen LogP contribution in [0.5, 0.6) is 0 Å². The largest absolute Gasteiger partial charge is 0.346 e. The summed E-state index contributed by atoms with van der Waals surface area (Å²) in [6.07, 6.45) is 3.47. The van der Waals surface area contributed by atoms with Crippen molar-refractivity contribution in [1.82, 2.24) is 4.90 Å². The Balaban J connectivity index is 1.61. The van der Waals surface area contributed by atoms with E-state index in [1.165, 1.54) is 18.4 Å². The Morgan fingerprint density at radius 2 is 1.95 bits per heavy atom. The van der Waals surface area contributed by atoms with Gasteiger partial charge in [0.1, 0.15) is 0 Å². The van der Waals surface area contributed by atoms with Crippen LogP contribution in [0.4, 0.5) is 0 Å². The van der Waals surface area contributed by atoms with Crippen molar-refractivity contribution in [2.75, 3.05) is 13.2 Å². The normalized spacial score (nSPS) is 35.8. The molecule has 0 amide bonds. The molecular formula is C17H23NO2. The second-order valence-corrected chi connectivity index (χ2v) is 6.50. The van der Waals surface area contributed by atoms with Crippen molar-refractivity contribution < 1.29 is 9.47 Å². The third kappa shape index (κ3) is 1.92. The zero-order chi connectivity index (χ0) is 13.6. The van der Waals surface area contributed by atoms with Gasteiger partial charge in [-0.05, 0) is 24.3 Å². The molecule has 0 saturated carbocycles. The molecule has 3 saturated heterocycles. The van der Waals surface area contributed by atoms with E-state index >= 15 is 0 Å². The molecule has 0 aromatic heterocycles. The molecule has 2 bridgehead atoms. The van der Waals surface area contributed by atoms with Gasteiger partial charge in [0.15, 0.2) is 5.79 Å². The van der Waals surface area contributed by atoms with Gasteiger partial charge in [-0.2, -0.15) is 0 Å². The summed E-state index contributed by atoms with van der Waals surface area (Å²) in [6, 6.07) is 11.9. The monoisotopic (exact) mass is 273 g/mol. The molecule has 1 spiro atoms. The molecule has 1 aromatic rings. The SMILES string of the molecule is CC1C[C@H]2N(Cc3ccccc3)[C@@H]1CCC21OCCO1. The van der Waals surface area contributed by atoms with Crippen LogP contribution in [0.2, 0.25) is 0 Å². The van der Waals surface area contributed by atoms with E-state index in [2.05, 4.69) is 42.2 Å². The summed E-state index contributed by atoms with van der Waals surface area (Å²) in [4.78, 5) is 2.65. The highest BCUT2D eigenvalue weighted by Gasteiger charge is 2.57. The number of piperidine rings is 1. The Morgan fingerprint density at radius 1 is 1.20 bits per heavy atom. The molecule has 3 heteroatoms. The van der Waals surface area contributed by atoms with E-state index < -0.39 is 0 Å². The Hall–Kier alpha value is -0.900. The third-order valence-corrected chi connectivity index (χ3v) is 5.36. The maximum atomic E-state index is 6.06. The van der Waals surface area contributed by atoms with Crippen molar-refractivity contribution in [3.05, 3.63) is 35.9 Å². The second kappa shape index (κ2) is 4.83. The molecule has 0 N–H and O–H groups in total. The number of hydrogen-bond acceptors (Lipinski definition) is 3. The summed E-state index contributed by atoms with van der Waals surface area (Å²) in [7, 11) is 0. The van der Waals surface area contributed by atoms with Crippen LogP contribution in [-0.4, -0.2) is 36.0 Å². The average molecular weight is 273 g/mol. The first kappa shape index (κ1) is 12.8. The molecule has 0 radical (unpaired) electrons. The molecule has 3 aliphatic heterocycles. The molecule has 3 aliphatic rings. The highest BCUT2D eigenvalue weighted by molar-refractivity contribution is 5.16. The summed E-state index contributed by atoms with van der Waals surface area (Å²) in [6.45, 7) is 4.93. The first-order valence-electron chi connectivity index (χ1n) is 7.86. The molecule has 3 heterocycles. The minimum absolute atomic E-state index is 0.309. The molecule has 20 heavy (non-hydrogen) atoms. The molecule has 108 valence electrons. The highest BCUT2D eigenvalue weighted by Crippen LogP contribution is 2.48. The fraction of sp³-hybridized carbons (Fsp3) is 0.647. The quantitative estimate of drug-likeness (QED) is 0.827. The van der Waals surface area contributed by atoms with Crippen LogP contribution in [0.15, 0.2) is 30.3 Å². The average Bonchev–Trinajstić information content (AvgIpc) is 3.00. The molecule has 3 fully saturated rings. The molecule has 3 atom stereocenters. The number of benzene rings is 1. The number of nitrogens with zero attached hydrogens (tertiary/aromatic N) is 1. The van der Waals surface area contributed by atoms with Crippen LogP contribution in [0.1, 0.15) is 31.7 Å². The Bertz CT molecular complexity index is 469. The lowest BCUT2D eigenvalue weighted by Crippen LogP contribution is -2.56. The lowest BCUT2D eigenvalue weighted by Gasteiger charge is -2.45. The van der Waals surface area contributed by atoms with Crippen LogP contribution in [0, 0.1) is 5.92 Å². The second-order valence-electron chi connectivity index (χ2n) is 6.50. The van der Waals surface area contributed by atoms with Crippen LogP contribution in [0.25, 0.3) is 0 Å². The molecule has 1 aromatic carbocycles. The zero-order valence-electron chi connectivity index (χ0n) is 12.1. The van der Waals surface area contributed by atoms with Crippen molar-refractivity contribution in [2.24, 2.45) is 5.92 Å². The van der Waals surface area contributed by atoms with Crippen LogP contribution < -0.4 is 0 Å². The van der Waals surface area contributed by atoms with Gasteiger partial charge in [0.05, 0.1) is 19.3 Å². The smallest absolute Gasteiger partial charge is 0.184 e. The van der Waals surface area contributed by atoms with Crippen molar-refractivity contribution in [3.8, 4) is 0 Å². The van der Waals surface area contributed by atoms with E-state index in [0.717, 1.165) is 32.1 Å². The van der Waals surface area contributed by atoms with Gasteiger partial charge in [-0.3, -0.25) is 4.90 Å². The highest BCUT2D eigenvalue weighted by atomic mass is 16.7. The summed E-state index contributed by atoms with van der Waals surface area (Å²) in [5.41, 5.74) is 1.40. The number of hydrogen-bond donors (Lipinski definition) is 0. The van der Waals surface area contributed by atoms with Gasteiger partial charge in [0.2, 0.25) is 0 Å². The molecular weight excluding hydrogens is 250 g/mol. The minimum Gasteiger partial charge on any atom is -0.346 e. The van der Waals surface area contributed by atoms with Crippen molar-refractivity contribution >= 4 is 0 Å². The van der Waals surface area contributed by atoms with Crippen LogP contribution in [0.3, 0.4) is 0 Å². The van der Waals surface area contributed by atoms with E-state index in [1.54, 1.807) is 0 Å². The van der Waals surface area contributed by atoms with E-state index in [9.17, 15) is 0 Å². The summed E-state index contributed by atoms with van der Waals surface area (Å²) in [5, 5.41) is 0. The maximum Gasteiger partial charge on any atom is 0.184 e. The van der Waals surface area contributed by atoms with Crippen molar-refractivity contribution in [2.45, 2.75) is 50.6 Å². The van der Waals surface area contributed by atoms with Crippen LogP contribution >= 0.6 is 0 Å². The van der Waals surface area contributed by atoms with Gasteiger partial charge >= 0.3 is 0 Å². The zero-order valence-corrected chi connectivity index (χ0v) is 12.1. The molecule has 4 rings (SSSR count). The van der Waals surface area contributed by atoms with E-state index in [4.69, 9.17) is 9.47 Å². The number of fused-ring (bicyclic) bond motifs is 3. The molecule has 1 unspecified atom stereocenters. The van der Waals surface area contributed by atoms with Gasteiger partial charge in [0, 0.05) is 19.0 Å². The van der Waals surface area contributed by atoms with Gasteiger partial charge in [0.25, 0.3) is 0 Å². The standard InChI is InChI=1S/C17H23NO2/c1-13-11-16-17(19-9-10-20-17)8-7-15(13)18(16)12-14-5-3-2-4-6-14/h2-6,13,15-16H,7-12H2,1H3/t13?,15-,16-/m1/s1. The molecule has 0 aliphatic carbocycles. The van der Waals surface area contributed by atoms with Gasteiger partial charge in [-0.1, -0.05) is 37.3 Å². The number of rotatable bonds is 2. The lowest BCUT2D eigenvalue weighted by atomic mass is 9.94. The summed E-state index contributed by atoms with van der Waals surface area (Å²) < 4.78 is 12.1. The van der Waals surface area contributed by atoms with Gasteiger partial charge in [-0.25, -0.2) is 0 Å². The van der Waals surface area contributed by atoms with Gasteiger partial charge < -0.3 is 9.47 Å². The van der Waals surface area contributed by atoms with Crippen molar-refractivity contribution in [1.29, 1.82) is 0 Å². The first-order chi connectivity index (χ1) is 9.78. The van der Waals surface area contributed by atoms with Crippen LogP contribution in [-0.2, 0) is 16.0 Å². The minimum atomic E-state index is -0.309. The maximum absolute atomic E-state index is 6.06.